The quantitative estimate of drug-likeness (QED) is 0.729. The van der Waals surface area contributed by atoms with Gasteiger partial charge < -0.3 is 23.8 Å². The van der Waals surface area contributed by atoms with Gasteiger partial charge in [0.2, 0.25) is 5.91 Å². The van der Waals surface area contributed by atoms with E-state index in [1.165, 1.54) is 0 Å². The molecule has 6 nitrogen and oxygen atoms in total. The molecular weight excluding hydrogens is 334 g/mol. The lowest BCUT2D eigenvalue weighted by Crippen LogP contribution is -2.40. The highest BCUT2D eigenvalue weighted by molar-refractivity contribution is 5.91. The van der Waals surface area contributed by atoms with Gasteiger partial charge in [0.15, 0.2) is 17.8 Å². The number of carbonyl (C=O) groups excluding carboxylic acids is 1. The molecule has 0 atom stereocenters. The summed E-state index contributed by atoms with van der Waals surface area (Å²) in [5.41, 5.74) is 0.904. The van der Waals surface area contributed by atoms with Crippen molar-refractivity contribution in [3.63, 3.8) is 0 Å². The van der Waals surface area contributed by atoms with Crippen molar-refractivity contribution in [3.05, 3.63) is 29.8 Å². The number of hydrogen-bond acceptors (Lipinski definition) is 5. The first-order valence-electron chi connectivity index (χ1n) is 9.22. The van der Waals surface area contributed by atoms with E-state index >= 15 is 0 Å². The van der Waals surface area contributed by atoms with Gasteiger partial charge in [0.1, 0.15) is 0 Å². The van der Waals surface area contributed by atoms with Crippen LogP contribution in [0.5, 0.6) is 11.5 Å². The van der Waals surface area contributed by atoms with Crippen LogP contribution >= 0.6 is 0 Å². The molecule has 1 amide bonds. The van der Waals surface area contributed by atoms with Gasteiger partial charge in [0, 0.05) is 25.1 Å². The molecule has 2 fully saturated rings. The lowest BCUT2D eigenvalue weighted by atomic mass is 9.96. The van der Waals surface area contributed by atoms with Crippen LogP contribution in [0, 0.1) is 5.92 Å². The number of methoxy groups -OCH3 is 1. The Morgan fingerprint density at radius 2 is 1.96 bits per heavy atom. The Kier molecular flexibility index (Phi) is 6.52. The summed E-state index contributed by atoms with van der Waals surface area (Å²) >= 11 is 0. The van der Waals surface area contributed by atoms with Gasteiger partial charge in [-0.25, -0.2) is 0 Å². The fourth-order valence-electron chi connectivity index (χ4n) is 3.38. The third-order valence-corrected chi connectivity index (χ3v) is 4.79. The highest BCUT2D eigenvalue weighted by Crippen LogP contribution is 2.29. The summed E-state index contributed by atoms with van der Waals surface area (Å²) in [6, 6.07) is 5.65. The van der Waals surface area contributed by atoms with Crippen LogP contribution in [-0.2, 0) is 14.3 Å². The normalized spacial score (nSPS) is 19.2. The number of nitrogens with zero attached hydrogens (tertiary/aromatic N) is 1. The fourth-order valence-corrected chi connectivity index (χ4v) is 3.38. The summed E-state index contributed by atoms with van der Waals surface area (Å²) in [4.78, 5) is 14.3. The van der Waals surface area contributed by atoms with Gasteiger partial charge in [-0.3, -0.25) is 4.79 Å². The van der Waals surface area contributed by atoms with E-state index in [0.29, 0.717) is 37.2 Å². The Labute approximate surface area is 154 Å². The molecule has 26 heavy (non-hydrogen) atoms. The van der Waals surface area contributed by atoms with Gasteiger partial charge in [-0.05, 0) is 43.5 Å². The van der Waals surface area contributed by atoms with Gasteiger partial charge >= 0.3 is 0 Å². The molecule has 2 aliphatic rings. The van der Waals surface area contributed by atoms with Crippen molar-refractivity contribution >= 4 is 12.0 Å². The second-order valence-corrected chi connectivity index (χ2v) is 6.45. The average Bonchev–Trinajstić information content (AvgIpc) is 3.22. The van der Waals surface area contributed by atoms with Gasteiger partial charge in [0.05, 0.1) is 26.9 Å². The molecule has 0 radical (unpaired) electrons. The van der Waals surface area contributed by atoms with Crippen molar-refractivity contribution in [1.29, 1.82) is 0 Å². The molecule has 0 bridgehead atoms. The monoisotopic (exact) mass is 361 g/mol. The molecule has 0 saturated carbocycles. The van der Waals surface area contributed by atoms with Crippen LogP contribution in [0.1, 0.15) is 25.3 Å². The second kappa shape index (κ2) is 9.05. The summed E-state index contributed by atoms with van der Waals surface area (Å²) in [6.45, 7) is 5.35. The SMILES string of the molecule is CCOc1ccc(/C=C/C(=O)N2CCC(C3OCCO3)CC2)cc1OC. The van der Waals surface area contributed by atoms with Crippen LogP contribution in [0.15, 0.2) is 24.3 Å². The average molecular weight is 361 g/mol. The van der Waals surface area contributed by atoms with Gasteiger partial charge in [-0.2, -0.15) is 0 Å². The first kappa shape index (κ1) is 18.7. The summed E-state index contributed by atoms with van der Waals surface area (Å²) in [6.07, 6.45) is 5.19. The maximum atomic E-state index is 12.4. The molecule has 2 heterocycles. The van der Waals surface area contributed by atoms with E-state index in [2.05, 4.69) is 0 Å². The number of likely N-dealkylation sites (tertiary alicyclic amines) is 1. The number of benzene rings is 1. The first-order valence-corrected chi connectivity index (χ1v) is 9.22. The Morgan fingerprint density at radius 1 is 1.23 bits per heavy atom. The maximum Gasteiger partial charge on any atom is 0.246 e. The molecule has 0 N–H and O–H groups in total. The fraction of sp³-hybridized carbons (Fsp3) is 0.550. The summed E-state index contributed by atoms with van der Waals surface area (Å²) in [5.74, 6) is 1.79. The van der Waals surface area contributed by atoms with Crippen molar-refractivity contribution < 1.29 is 23.7 Å². The van der Waals surface area contributed by atoms with Crippen LogP contribution in [0.4, 0.5) is 0 Å². The molecule has 0 spiro atoms. The molecule has 0 aromatic heterocycles. The number of carbonyl (C=O) groups is 1. The van der Waals surface area contributed by atoms with Crippen molar-refractivity contribution in [2.75, 3.05) is 40.0 Å². The van der Waals surface area contributed by atoms with Crippen molar-refractivity contribution in [3.8, 4) is 11.5 Å². The van der Waals surface area contributed by atoms with Gasteiger partial charge in [0.25, 0.3) is 0 Å². The molecular formula is C20H27NO5. The molecule has 0 unspecified atom stereocenters. The van der Waals surface area contributed by atoms with Crippen molar-refractivity contribution in [1.82, 2.24) is 4.90 Å². The lowest BCUT2D eigenvalue weighted by Gasteiger charge is -2.33. The van der Waals surface area contributed by atoms with Gasteiger partial charge in [-0.1, -0.05) is 6.07 Å². The van der Waals surface area contributed by atoms with Crippen LogP contribution in [0.25, 0.3) is 6.08 Å². The Balaban J connectivity index is 1.54. The highest BCUT2D eigenvalue weighted by Gasteiger charge is 2.31. The topological polar surface area (TPSA) is 57.2 Å². The Hall–Kier alpha value is -2.05. The molecule has 1 aromatic rings. The van der Waals surface area contributed by atoms with Crippen molar-refractivity contribution in [2.24, 2.45) is 5.92 Å². The van der Waals surface area contributed by atoms with Crippen molar-refractivity contribution in [2.45, 2.75) is 26.1 Å². The lowest BCUT2D eigenvalue weighted by molar-refractivity contribution is -0.131. The summed E-state index contributed by atoms with van der Waals surface area (Å²) < 4.78 is 22.0. The van der Waals surface area contributed by atoms with E-state index in [1.807, 2.05) is 36.1 Å². The van der Waals surface area contributed by atoms with Gasteiger partial charge in [-0.15, -0.1) is 0 Å². The van der Waals surface area contributed by atoms with E-state index in [-0.39, 0.29) is 12.2 Å². The molecule has 2 saturated heterocycles. The standard InChI is InChI=1S/C20H27NO5/c1-3-24-17-6-4-15(14-18(17)23-2)5-7-19(22)21-10-8-16(9-11-21)20-25-12-13-26-20/h4-7,14,16,20H,3,8-13H2,1-2H3/b7-5+. The van der Waals surface area contributed by atoms with E-state index < -0.39 is 0 Å². The van der Waals surface area contributed by atoms with E-state index in [9.17, 15) is 4.79 Å². The van der Waals surface area contributed by atoms with Crippen LogP contribution < -0.4 is 9.47 Å². The zero-order chi connectivity index (χ0) is 18.4. The predicted molar refractivity (Wildman–Crippen MR) is 98.2 cm³/mol. The van der Waals surface area contributed by atoms with Crippen LogP contribution in [0.3, 0.4) is 0 Å². The second-order valence-electron chi connectivity index (χ2n) is 6.45. The van der Waals surface area contributed by atoms with E-state index in [4.69, 9.17) is 18.9 Å². The van der Waals surface area contributed by atoms with Crippen LogP contribution in [-0.4, -0.2) is 57.1 Å². The van der Waals surface area contributed by atoms with E-state index in [1.54, 1.807) is 13.2 Å². The number of amides is 1. The summed E-state index contributed by atoms with van der Waals surface area (Å²) in [5, 5.41) is 0. The van der Waals surface area contributed by atoms with E-state index in [0.717, 1.165) is 31.5 Å². The number of rotatable bonds is 6. The third-order valence-electron chi connectivity index (χ3n) is 4.79. The smallest absolute Gasteiger partial charge is 0.246 e. The first-order chi connectivity index (χ1) is 12.7. The summed E-state index contributed by atoms with van der Waals surface area (Å²) in [7, 11) is 1.61. The minimum absolute atomic E-state index is 0.0320. The number of piperidine rings is 1. The molecule has 0 aliphatic carbocycles. The molecule has 142 valence electrons. The Bertz CT molecular complexity index is 631. The molecule has 1 aromatic carbocycles. The molecule has 3 rings (SSSR count). The minimum atomic E-state index is -0.0842. The predicted octanol–water partition coefficient (Wildman–Crippen LogP) is 2.72. The maximum absolute atomic E-state index is 12.4. The molecule has 6 heteroatoms. The third kappa shape index (κ3) is 4.56. The zero-order valence-electron chi connectivity index (χ0n) is 15.5. The molecule has 2 aliphatic heterocycles. The number of hydrogen-bond donors (Lipinski definition) is 0. The Morgan fingerprint density at radius 3 is 2.62 bits per heavy atom. The van der Waals surface area contributed by atoms with Crippen LogP contribution in [0.2, 0.25) is 0 Å². The zero-order valence-corrected chi connectivity index (χ0v) is 15.5. The largest absolute Gasteiger partial charge is 0.493 e. The highest BCUT2D eigenvalue weighted by atomic mass is 16.7. The number of ether oxygens (including phenoxy) is 4. The minimum Gasteiger partial charge on any atom is -0.493 e.